The van der Waals surface area contributed by atoms with Crippen molar-refractivity contribution in [3.05, 3.63) is 83.6 Å². The third-order valence-corrected chi connectivity index (χ3v) is 8.50. The summed E-state index contributed by atoms with van der Waals surface area (Å²) in [5.74, 6) is 1.15. The first-order valence-electron chi connectivity index (χ1n) is 12.2. The van der Waals surface area contributed by atoms with Crippen LogP contribution in [0.2, 0.25) is 0 Å². The second-order valence-corrected chi connectivity index (χ2v) is 9.99. The number of allylic oxidation sites excluding steroid dienone is 2. The molecule has 1 N–H and O–H groups in total. The molecule has 2 heterocycles. The first kappa shape index (κ1) is 17.9. The molecule has 2 aliphatic heterocycles. The minimum absolute atomic E-state index is 0.00241. The summed E-state index contributed by atoms with van der Waals surface area (Å²) in [6, 6.07) is 25.2. The fraction of sp³-hybridized carbons (Fsp3) is 0.379. The van der Waals surface area contributed by atoms with E-state index >= 15 is 0 Å². The number of hydrogen-bond donors (Lipinski definition) is 1. The van der Waals surface area contributed by atoms with Gasteiger partial charge < -0.3 is 10.2 Å². The number of rotatable bonds is 1. The number of hydrogen-bond acceptors (Lipinski definition) is 2. The van der Waals surface area contributed by atoms with Crippen molar-refractivity contribution in [3.8, 4) is 0 Å². The van der Waals surface area contributed by atoms with E-state index in [1.807, 2.05) is 0 Å². The van der Waals surface area contributed by atoms with Gasteiger partial charge in [0.15, 0.2) is 0 Å². The molecule has 0 aromatic heterocycles. The zero-order valence-corrected chi connectivity index (χ0v) is 18.1. The molecule has 156 valence electrons. The van der Waals surface area contributed by atoms with Gasteiger partial charge >= 0.3 is 0 Å². The Bertz CT molecular complexity index is 1190. The van der Waals surface area contributed by atoms with Crippen LogP contribution in [0.5, 0.6) is 0 Å². The van der Waals surface area contributed by atoms with Gasteiger partial charge in [0.2, 0.25) is 0 Å². The Balaban J connectivity index is 1.54. The van der Waals surface area contributed by atoms with Crippen molar-refractivity contribution in [3.63, 3.8) is 0 Å². The standard InChI is InChI=1S/C29H30N2/c1-2-10-20(11-3-1)27-22-14-4-5-17-25(22)31-26-18-9-13-21-12-8-16-24(28(21)26)30-29(31)19-7-6-15-23(27)29/h1-3,8-13,16,18,23,27,30H,4-7,14-15,17,19H2/t23-,27-,29-/m0/s1. The van der Waals surface area contributed by atoms with Gasteiger partial charge in [-0.25, -0.2) is 0 Å². The van der Waals surface area contributed by atoms with Crippen molar-refractivity contribution in [2.75, 3.05) is 10.2 Å². The Kier molecular flexibility index (Phi) is 3.82. The smallest absolute Gasteiger partial charge is 0.118 e. The molecular formula is C29H30N2. The number of nitrogens with one attached hydrogen (secondary N) is 1. The molecular weight excluding hydrogens is 376 g/mol. The zero-order chi connectivity index (χ0) is 20.4. The minimum atomic E-state index is -0.00241. The topological polar surface area (TPSA) is 15.3 Å². The van der Waals surface area contributed by atoms with Crippen molar-refractivity contribution in [1.29, 1.82) is 0 Å². The van der Waals surface area contributed by atoms with E-state index in [1.54, 1.807) is 11.3 Å². The molecule has 3 aromatic rings. The van der Waals surface area contributed by atoms with Crippen LogP contribution in [0, 0.1) is 5.92 Å². The van der Waals surface area contributed by atoms with Gasteiger partial charge in [0.1, 0.15) is 5.66 Å². The summed E-state index contributed by atoms with van der Waals surface area (Å²) < 4.78 is 0. The average Bonchev–Trinajstić information content (AvgIpc) is 2.83. The summed E-state index contributed by atoms with van der Waals surface area (Å²) in [7, 11) is 0. The van der Waals surface area contributed by atoms with E-state index in [-0.39, 0.29) is 5.66 Å². The molecule has 0 amide bonds. The summed E-state index contributed by atoms with van der Waals surface area (Å²) in [5.41, 5.74) is 7.67. The molecule has 2 heteroatoms. The van der Waals surface area contributed by atoms with E-state index in [9.17, 15) is 0 Å². The van der Waals surface area contributed by atoms with Gasteiger partial charge in [-0.15, -0.1) is 0 Å². The molecule has 1 saturated carbocycles. The second kappa shape index (κ2) is 6.63. The van der Waals surface area contributed by atoms with Crippen molar-refractivity contribution in [2.24, 2.45) is 5.92 Å². The van der Waals surface area contributed by atoms with Crippen LogP contribution in [-0.2, 0) is 0 Å². The summed E-state index contributed by atoms with van der Waals surface area (Å²) >= 11 is 0. The molecule has 4 aliphatic rings. The van der Waals surface area contributed by atoms with Crippen molar-refractivity contribution in [1.82, 2.24) is 0 Å². The first-order chi connectivity index (χ1) is 15.4. The number of benzene rings is 3. The maximum atomic E-state index is 4.20. The maximum Gasteiger partial charge on any atom is 0.118 e. The van der Waals surface area contributed by atoms with Gasteiger partial charge in [0.05, 0.1) is 5.69 Å². The Morgan fingerprint density at radius 2 is 1.65 bits per heavy atom. The number of nitrogens with zero attached hydrogens (tertiary/aromatic N) is 1. The molecule has 2 aliphatic carbocycles. The lowest BCUT2D eigenvalue weighted by Crippen LogP contribution is -2.66. The Morgan fingerprint density at radius 3 is 2.55 bits per heavy atom. The van der Waals surface area contributed by atoms with Crippen LogP contribution in [0.25, 0.3) is 10.8 Å². The van der Waals surface area contributed by atoms with Crippen LogP contribution in [-0.4, -0.2) is 5.66 Å². The van der Waals surface area contributed by atoms with E-state index in [0.717, 1.165) is 0 Å². The van der Waals surface area contributed by atoms with Crippen LogP contribution in [0.1, 0.15) is 62.8 Å². The molecule has 0 bridgehead atoms. The van der Waals surface area contributed by atoms with E-state index in [0.29, 0.717) is 11.8 Å². The SMILES string of the molecule is c1ccc([C@H]2C3=C(CCCC3)N3c4cccc5cccc(c45)N[C@@]34CCCC[C@@H]24)cc1. The number of anilines is 2. The predicted octanol–water partition coefficient (Wildman–Crippen LogP) is 7.58. The van der Waals surface area contributed by atoms with E-state index in [4.69, 9.17) is 0 Å². The van der Waals surface area contributed by atoms with Crippen molar-refractivity contribution < 1.29 is 0 Å². The second-order valence-electron chi connectivity index (χ2n) is 9.99. The Morgan fingerprint density at radius 1 is 0.806 bits per heavy atom. The Hall–Kier alpha value is -2.74. The maximum absolute atomic E-state index is 4.20. The highest BCUT2D eigenvalue weighted by molar-refractivity contribution is 6.06. The molecule has 0 radical (unpaired) electrons. The molecule has 2 nitrogen and oxygen atoms in total. The average molecular weight is 407 g/mol. The fourth-order valence-corrected chi connectivity index (χ4v) is 7.40. The normalized spacial score (nSPS) is 29.1. The van der Waals surface area contributed by atoms with Crippen LogP contribution in [0.3, 0.4) is 0 Å². The molecule has 1 spiro atoms. The van der Waals surface area contributed by atoms with Gasteiger partial charge in [-0.05, 0) is 73.6 Å². The quantitative estimate of drug-likeness (QED) is 0.448. The molecule has 1 fully saturated rings. The third-order valence-electron chi connectivity index (χ3n) is 8.50. The van der Waals surface area contributed by atoms with Crippen LogP contribution < -0.4 is 10.2 Å². The predicted molar refractivity (Wildman–Crippen MR) is 129 cm³/mol. The van der Waals surface area contributed by atoms with Crippen LogP contribution in [0.4, 0.5) is 11.4 Å². The molecule has 0 unspecified atom stereocenters. The minimum Gasteiger partial charge on any atom is -0.362 e. The lowest BCUT2D eigenvalue weighted by Gasteiger charge is -2.62. The van der Waals surface area contributed by atoms with Gasteiger partial charge in [0, 0.05) is 28.6 Å². The van der Waals surface area contributed by atoms with E-state index in [1.165, 1.54) is 79.1 Å². The largest absolute Gasteiger partial charge is 0.362 e. The summed E-state index contributed by atoms with van der Waals surface area (Å²) in [6.07, 6.45) is 10.3. The third kappa shape index (κ3) is 2.39. The van der Waals surface area contributed by atoms with Crippen molar-refractivity contribution in [2.45, 2.75) is 62.9 Å². The zero-order valence-electron chi connectivity index (χ0n) is 18.1. The lowest BCUT2D eigenvalue weighted by atomic mass is 9.61. The molecule has 0 saturated heterocycles. The fourth-order valence-electron chi connectivity index (χ4n) is 7.40. The Labute approximate surface area is 185 Å². The van der Waals surface area contributed by atoms with Gasteiger partial charge in [-0.3, -0.25) is 0 Å². The van der Waals surface area contributed by atoms with Crippen molar-refractivity contribution >= 4 is 22.1 Å². The van der Waals surface area contributed by atoms with Gasteiger partial charge in [-0.1, -0.05) is 61.0 Å². The van der Waals surface area contributed by atoms with Gasteiger partial charge in [-0.2, -0.15) is 0 Å². The van der Waals surface area contributed by atoms with Gasteiger partial charge in [0.25, 0.3) is 0 Å². The highest BCUT2D eigenvalue weighted by atomic mass is 15.4. The van der Waals surface area contributed by atoms with Crippen LogP contribution >= 0.6 is 0 Å². The molecule has 31 heavy (non-hydrogen) atoms. The molecule has 7 rings (SSSR count). The summed E-state index contributed by atoms with van der Waals surface area (Å²) in [4.78, 5) is 2.82. The first-order valence-corrected chi connectivity index (χ1v) is 12.2. The molecule has 3 atom stereocenters. The molecule has 3 aromatic carbocycles. The summed E-state index contributed by atoms with van der Waals surface area (Å²) in [6.45, 7) is 0. The summed E-state index contributed by atoms with van der Waals surface area (Å²) in [5, 5.41) is 6.97. The highest BCUT2D eigenvalue weighted by Gasteiger charge is 2.56. The van der Waals surface area contributed by atoms with Crippen LogP contribution in [0.15, 0.2) is 78.0 Å². The van der Waals surface area contributed by atoms with E-state index < -0.39 is 0 Å². The lowest BCUT2D eigenvalue weighted by molar-refractivity contribution is 0.169. The highest BCUT2D eigenvalue weighted by Crippen LogP contribution is 2.60. The van der Waals surface area contributed by atoms with E-state index in [2.05, 4.69) is 76.9 Å². The monoisotopic (exact) mass is 406 g/mol. The number of fused-ring (bicyclic) bond motifs is 2.